The zero-order valence-corrected chi connectivity index (χ0v) is 10.8. The molecule has 2 aromatic carbocycles. The molecule has 0 unspecified atom stereocenters. The van der Waals surface area contributed by atoms with Crippen molar-refractivity contribution in [3.63, 3.8) is 0 Å². The van der Waals surface area contributed by atoms with Crippen molar-refractivity contribution in [1.82, 2.24) is 0 Å². The van der Waals surface area contributed by atoms with Crippen molar-refractivity contribution in [2.24, 2.45) is 0 Å². The molecule has 2 rings (SSSR count). The predicted octanol–water partition coefficient (Wildman–Crippen LogP) is 6.19. The maximum absolute atomic E-state index is 10.7. The van der Waals surface area contributed by atoms with Crippen LogP contribution in [0.2, 0.25) is 0 Å². The third-order valence-electron chi connectivity index (χ3n) is 1.11. The Bertz CT molecular complexity index is 302. The van der Waals surface area contributed by atoms with Gasteiger partial charge < -0.3 is 0 Å². The monoisotopic (exact) mass is 334 g/mol. The number of rotatable bonds is 0. The first-order chi connectivity index (χ1) is 7.45. The Kier molecular flexibility index (Phi) is 6.96. The fourth-order valence-electron chi connectivity index (χ4n) is 0.642. The fraction of sp³-hybridized carbons (Fsp3) is 0. The summed E-state index contributed by atoms with van der Waals surface area (Å²) in [4.78, 5) is 0. The van der Waals surface area contributed by atoms with E-state index in [9.17, 15) is 25.2 Å². The molecule has 0 N–H and O–H groups in total. The molecule has 2 aromatic rings. The van der Waals surface area contributed by atoms with E-state index >= 15 is 0 Å². The van der Waals surface area contributed by atoms with Crippen LogP contribution in [-0.4, -0.2) is 0 Å². The van der Waals surface area contributed by atoms with Crippen molar-refractivity contribution >= 4 is 7.81 Å². The van der Waals surface area contributed by atoms with Gasteiger partial charge in [-0.05, 0) is 0 Å². The van der Waals surface area contributed by atoms with Crippen molar-refractivity contribution in [3.8, 4) is 0 Å². The third kappa shape index (κ3) is 36.2. The van der Waals surface area contributed by atoms with E-state index in [0.29, 0.717) is 0 Å². The second-order valence-electron chi connectivity index (χ2n) is 2.88. The van der Waals surface area contributed by atoms with Crippen molar-refractivity contribution in [2.75, 3.05) is 0 Å². The summed E-state index contributed by atoms with van der Waals surface area (Å²) in [6, 6.07) is 20.0. The van der Waals surface area contributed by atoms with Gasteiger partial charge in [0.15, 0.2) is 0 Å². The SMILES string of the molecule is F[P-](F)(F)(F)(F)F.[Co].c1cc[cH-]c1.c1cc[cH-]c1. The molecule has 0 aliphatic heterocycles. The molecule has 1 radical (unpaired) electrons. The van der Waals surface area contributed by atoms with Crippen molar-refractivity contribution in [2.45, 2.75) is 0 Å². The van der Waals surface area contributed by atoms with Gasteiger partial charge in [-0.3, -0.25) is 0 Å². The molecular formula is C10H10CoF6P-3. The fourth-order valence-corrected chi connectivity index (χ4v) is 0.642. The largest absolute Gasteiger partial charge is 0.214 e. The van der Waals surface area contributed by atoms with Gasteiger partial charge in [-0.1, -0.05) is 0 Å². The molecule has 0 amide bonds. The third-order valence-corrected chi connectivity index (χ3v) is 1.11. The van der Waals surface area contributed by atoms with Crippen LogP contribution in [0.1, 0.15) is 0 Å². The summed E-state index contributed by atoms with van der Waals surface area (Å²) >= 11 is 0. The van der Waals surface area contributed by atoms with Crippen molar-refractivity contribution < 1.29 is 42.0 Å². The summed E-state index contributed by atoms with van der Waals surface area (Å²) in [6.07, 6.45) is 0. The number of hydrogen-bond donors (Lipinski definition) is 0. The minimum Gasteiger partial charge on any atom is -0.214 e. The van der Waals surface area contributed by atoms with Gasteiger partial charge in [-0.25, -0.2) is 24.3 Å². The summed E-state index contributed by atoms with van der Waals surface area (Å²) in [7, 11) is -10.7. The first-order valence-electron chi connectivity index (χ1n) is 4.35. The summed E-state index contributed by atoms with van der Waals surface area (Å²) in [6.45, 7) is 0. The van der Waals surface area contributed by atoms with E-state index in [-0.39, 0.29) is 16.8 Å². The molecule has 18 heavy (non-hydrogen) atoms. The van der Waals surface area contributed by atoms with E-state index in [1.54, 1.807) is 0 Å². The molecule has 0 bridgehead atoms. The van der Waals surface area contributed by atoms with Crippen molar-refractivity contribution in [1.29, 1.82) is 0 Å². The average Bonchev–Trinajstić information content (AvgIpc) is 2.78. The molecule has 0 saturated heterocycles. The molecule has 0 atom stereocenters. The van der Waals surface area contributed by atoms with E-state index < -0.39 is 7.81 Å². The molecule has 0 saturated carbocycles. The quantitative estimate of drug-likeness (QED) is 0.306. The Hall–Kier alpha value is -0.784. The van der Waals surface area contributed by atoms with Gasteiger partial charge in [-0.15, -0.1) is 0 Å². The minimum absolute atomic E-state index is 0. The van der Waals surface area contributed by atoms with Crippen LogP contribution in [0.25, 0.3) is 0 Å². The van der Waals surface area contributed by atoms with Gasteiger partial charge in [0.05, 0.1) is 0 Å². The molecule has 0 aliphatic rings. The molecule has 0 nitrogen and oxygen atoms in total. The molecule has 0 aliphatic carbocycles. The van der Waals surface area contributed by atoms with Gasteiger partial charge in [0.25, 0.3) is 0 Å². The van der Waals surface area contributed by atoms with Gasteiger partial charge in [-0.2, -0.15) is 36.4 Å². The summed E-state index contributed by atoms with van der Waals surface area (Å²) in [5.41, 5.74) is 0. The van der Waals surface area contributed by atoms with Crippen LogP contribution >= 0.6 is 7.81 Å². The van der Waals surface area contributed by atoms with E-state index in [1.165, 1.54) is 0 Å². The maximum atomic E-state index is 9.87. The first kappa shape index (κ1) is 19.6. The standard InChI is InChI=1S/2C5H5.Co.F6P/c2*1-2-4-5-3-1;;1-7(2,3,4,5)6/h2*1-5H;;/q2*-1;;-1. The van der Waals surface area contributed by atoms with Crippen LogP contribution in [0.5, 0.6) is 0 Å². The normalized spacial score (nSPS) is 13.4. The molecule has 8 heteroatoms. The van der Waals surface area contributed by atoms with Crippen LogP contribution < -0.4 is 0 Å². The number of halogens is 6. The van der Waals surface area contributed by atoms with Crippen LogP contribution in [0.15, 0.2) is 60.7 Å². The van der Waals surface area contributed by atoms with Crippen LogP contribution in [0, 0.1) is 0 Å². The number of hydrogen-bond acceptors (Lipinski definition) is 0. The first-order valence-corrected chi connectivity index (χ1v) is 6.38. The molecule has 0 heterocycles. The summed E-state index contributed by atoms with van der Waals surface area (Å²) in [5.74, 6) is 0. The van der Waals surface area contributed by atoms with E-state index in [1.807, 2.05) is 60.7 Å². The molecule has 0 aromatic heterocycles. The average molecular weight is 334 g/mol. The minimum atomic E-state index is -10.7. The molecule has 0 fully saturated rings. The van der Waals surface area contributed by atoms with E-state index in [0.717, 1.165) is 0 Å². The second-order valence-corrected chi connectivity index (χ2v) is 4.80. The van der Waals surface area contributed by atoms with Gasteiger partial charge in [0.1, 0.15) is 0 Å². The molecular weight excluding hydrogens is 324 g/mol. The Morgan fingerprint density at radius 1 is 0.556 bits per heavy atom. The van der Waals surface area contributed by atoms with E-state index in [2.05, 4.69) is 0 Å². The second kappa shape index (κ2) is 6.40. The Morgan fingerprint density at radius 3 is 0.778 bits per heavy atom. The van der Waals surface area contributed by atoms with Crippen LogP contribution in [-0.2, 0) is 16.8 Å². The van der Waals surface area contributed by atoms with Crippen LogP contribution in [0.3, 0.4) is 0 Å². The Labute approximate surface area is 111 Å². The predicted molar refractivity (Wildman–Crippen MR) is 57.6 cm³/mol. The Balaban J connectivity index is 0. The van der Waals surface area contributed by atoms with Gasteiger partial charge in [0, 0.05) is 16.8 Å². The van der Waals surface area contributed by atoms with Crippen LogP contribution in [0.4, 0.5) is 25.2 Å². The smallest absolute Gasteiger partial charge is 0 e. The maximum Gasteiger partial charge on any atom is 0 e. The Morgan fingerprint density at radius 2 is 0.722 bits per heavy atom. The van der Waals surface area contributed by atoms with Gasteiger partial charge in [0.2, 0.25) is 0 Å². The van der Waals surface area contributed by atoms with E-state index in [4.69, 9.17) is 0 Å². The van der Waals surface area contributed by atoms with Crippen molar-refractivity contribution in [3.05, 3.63) is 60.7 Å². The van der Waals surface area contributed by atoms with Gasteiger partial charge >= 0.3 is 33.0 Å². The topological polar surface area (TPSA) is 0 Å². The summed E-state index contributed by atoms with van der Waals surface area (Å²) in [5, 5.41) is 0. The molecule has 109 valence electrons. The molecule has 0 spiro atoms. The zero-order valence-electron chi connectivity index (χ0n) is 8.82. The summed E-state index contributed by atoms with van der Waals surface area (Å²) < 4.78 is 59.2. The zero-order chi connectivity index (χ0) is 13.5.